The monoisotopic (exact) mass is 305 g/mol. The van der Waals surface area contributed by atoms with Gasteiger partial charge in [-0.15, -0.1) is 11.3 Å². The van der Waals surface area contributed by atoms with Gasteiger partial charge in [-0.1, -0.05) is 19.8 Å². The lowest BCUT2D eigenvalue weighted by Crippen LogP contribution is -2.29. The lowest BCUT2D eigenvalue weighted by Gasteiger charge is -2.13. The van der Waals surface area contributed by atoms with E-state index >= 15 is 0 Å². The largest absolute Gasteiger partial charge is 0.330 e. The van der Waals surface area contributed by atoms with Crippen LogP contribution in [0.5, 0.6) is 0 Å². The number of amides is 1. The SMILES string of the molecule is CCCC(CN)C(=O)Nc1sc2c(c1C#N)CCCCC2. The Morgan fingerprint density at radius 1 is 1.43 bits per heavy atom. The number of carbonyl (C=O) groups is 1. The zero-order chi connectivity index (χ0) is 15.2. The van der Waals surface area contributed by atoms with Gasteiger partial charge in [0.25, 0.3) is 0 Å². The normalized spacial score (nSPS) is 15.7. The first-order valence-corrected chi connectivity index (χ1v) is 8.58. The van der Waals surface area contributed by atoms with Crippen LogP contribution in [0.2, 0.25) is 0 Å². The summed E-state index contributed by atoms with van der Waals surface area (Å²) in [6.45, 7) is 2.40. The molecule has 0 saturated carbocycles. The highest BCUT2D eigenvalue weighted by atomic mass is 32.1. The molecule has 114 valence electrons. The van der Waals surface area contributed by atoms with Crippen molar-refractivity contribution in [3.8, 4) is 6.07 Å². The van der Waals surface area contributed by atoms with Crippen molar-refractivity contribution in [1.29, 1.82) is 5.26 Å². The molecule has 4 nitrogen and oxygen atoms in total. The summed E-state index contributed by atoms with van der Waals surface area (Å²) < 4.78 is 0. The number of nitrogens with one attached hydrogen (secondary N) is 1. The Bertz CT molecular complexity index is 544. The van der Waals surface area contributed by atoms with Crippen molar-refractivity contribution in [2.45, 2.75) is 51.9 Å². The number of nitriles is 1. The van der Waals surface area contributed by atoms with E-state index in [4.69, 9.17) is 5.73 Å². The van der Waals surface area contributed by atoms with Crippen LogP contribution < -0.4 is 11.1 Å². The minimum absolute atomic E-state index is 0.0488. The molecule has 0 radical (unpaired) electrons. The highest BCUT2D eigenvalue weighted by molar-refractivity contribution is 7.16. The molecule has 1 amide bonds. The van der Waals surface area contributed by atoms with E-state index in [-0.39, 0.29) is 11.8 Å². The minimum Gasteiger partial charge on any atom is -0.330 e. The average Bonchev–Trinajstić information content (AvgIpc) is 2.65. The number of hydrogen-bond donors (Lipinski definition) is 2. The van der Waals surface area contributed by atoms with Crippen LogP contribution >= 0.6 is 11.3 Å². The summed E-state index contributed by atoms with van der Waals surface area (Å²) in [7, 11) is 0. The lowest BCUT2D eigenvalue weighted by molar-refractivity contribution is -0.119. The topological polar surface area (TPSA) is 78.9 Å². The maximum Gasteiger partial charge on any atom is 0.229 e. The first-order valence-electron chi connectivity index (χ1n) is 7.76. The summed E-state index contributed by atoms with van der Waals surface area (Å²) in [6.07, 6.45) is 7.23. The van der Waals surface area contributed by atoms with Crippen LogP contribution in [-0.4, -0.2) is 12.5 Å². The van der Waals surface area contributed by atoms with E-state index in [0.717, 1.165) is 42.7 Å². The average molecular weight is 305 g/mol. The second-order valence-electron chi connectivity index (χ2n) is 5.59. The van der Waals surface area contributed by atoms with Gasteiger partial charge in [0.05, 0.1) is 11.5 Å². The van der Waals surface area contributed by atoms with Crippen LogP contribution in [0.4, 0.5) is 5.00 Å². The van der Waals surface area contributed by atoms with E-state index in [1.807, 2.05) is 6.92 Å². The fourth-order valence-corrected chi connectivity index (χ4v) is 4.11. The van der Waals surface area contributed by atoms with Crippen molar-refractivity contribution in [2.24, 2.45) is 11.7 Å². The Hall–Kier alpha value is -1.38. The van der Waals surface area contributed by atoms with E-state index in [2.05, 4.69) is 11.4 Å². The van der Waals surface area contributed by atoms with Crippen molar-refractivity contribution in [1.82, 2.24) is 0 Å². The lowest BCUT2D eigenvalue weighted by atomic mass is 10.0. The molecule has 0 spiro atoms. The second kappa shape index (κ2) is 7.58. The third-order valence-electron chi connectivity index (χ3n) is 4.06. The number of aryl methyl sites for hydroxylation is 1. The third-order valence-corrected chi connectivity index (χ3v) is 5.27. The zero-order valence-corrected chi connectivity index (χ0v) is 13.4. The number of anilines is 1. The van der Waals surface area contributed by atoms with Gasteiger partial charge in [-0.2, -0.15) is 5.26 Å². The molecule has 2 rings (SSSR count). The molecular formula is C16H23N3OS. The molecule has 1 atom stereocenters. The molecule has 5 heteroatoms. The Morgan fingerprint density at radius 3 is 2.86 bits per heavy atom. The van der Waals surface area contributed by atoms with Crippen LogP contribution in [0, 0.1) is 17.2 Å². The van der Waals surface area contributed by atoms with Crippen LogP contribution in [0.25, 0.3) is 0 Å². The molecule has 3 N–H and O–H groups in total. The fourth-order valence-electron chi connectivity index (χ4n) is 2.87. The van der Waals surface area contributed by atoms with Gasteiger partial charge < -0.3 is 11.1 Å². The Labute approximate surface area is 130 Å². The third kappa shape index (κ3) is 3.63. The van der Waals surface area contributed by atoms with Crippen molar-refractivity contribution in [3.63, 3.8) is 0 Å². The molecule has 1 aliphatic rings. The number of nitrogens with two attached hydrogens (primary N) is 1. The van der Waals surface area contributed by atoms with Gasteiger partial charge in [0, 0.05) is 11.4 Å². The number of thiophene rings is 1. The molecule has 1 unspecified atom stereocenters. The summed E-state index contributed by atoms with van der Waals surface area (Å²) in [5, 5.41) is 13.1. The number of rotatable bonds is 5. The molecular weight excluding hydrogens is 282 g/mol. The van der Waals surface area contributed by atoms with E-state index < -0.39 is 0 Å². The standard InChI is InChI=1S/C16H23N3OS/c1-2-6-11(9-17)15(20)19-16-13(10-18)12-7-4-3-5-8-14(12)21-16/h11H,2-9,17H2,1H3,(H,19,20). The van der Waals surface area contributed by atoms with Gasteiger partial charge in [0.15, 0.2) is 0 Å². The number of nitrogens with zero attached hydrogens (tertiary/aromatic N) is 1. The molecule has 1 aromatic rings. The summed E-state index contributed by atoms with van der Waals surface area (Å²) in [4.78, 5) is 13.6. The Morgan fingerprint density at radius 2 is 2.19 bits per heavy atom. The van der Waals surface area contributed by atoms with Crippen LogP contribution in [0.15, 0.2) is 0 Å². The highest BCUT2D eigenvalue weighted by Crippen LogP contribution is 2.37. The van der Waals surface area contributed by atoms with Crippen molar-refractivity contribution in [3.05, 3.63) is 16.0 Å². The number of hydrogen-bond acceptors (Lipinski definition) is 4. The molecule has 0 bridgehead atoms. The molecule has 1 heterocycles. The van der Waals surface area contributed by atoms with E-state index in [1.165, 1.54) is 17.7 Å². The minimum atomic E-state index is -0.163. The summed E-state index contributed by atoms with van der Waals surface area (Å²) in [5.74, 6) is -0.212. The number of fused-ring (bicyclic) bond motifs is 1. The van der Waals surface area contributed by atoms with Crippen LogP contribution in [0.1, 0.15) is 55.0 Å². The zero-order valence-electron chi connectivity index (χ0n) is 12.6. The second-order valence-corrected chi connectivity index (χ2v) is 6.70. The fraction of sp³-hybridized carbons (Fsp3) is 0.625. The Balaban J connectivity index is 2.20. The van der Waals surface area contributed by atoms with Crippen molar-refractivity contribution >= 4 is 22.2 Å². The summed E-state index contributed by atoms with van der Waals surface area (Å²) >= 11 is 1.58. The first kappa shape index (κ1) is 16.0. The molecule has 0 aromatic carbocycles. The van der Waals surface area contributed by atoms with Gasteiger partial charge >= 0.3 is 0 Å². The molecule has 0 aliphatic heterocycles. The van der Waals surface area contributed by atoms with E-state index in [0.29, 0.717) is 12.1 Å². The van der Waals surface area contributed by atoms with Gasteiger partial charge in [0.1, 0.15) is 11.1 Å². The molecule has 0 fully saturated rings. The maximum absolute atomic E-state index is 12.3. The van der Waals surface area contributed by atoms with Crippen molar-refractivity contribution < 1.29 is 4.79 Å². The predicted molar refractivity (Wildman–Crippen MR) is 86.4 cm³/mol. The quantitative estimate of drug-likeness (QED) is 0.820. The van der Waals surface area contributed by atoms with Crippen LogP contribution in [0.3, 0.4) is 0 Å². The Kier molecular flexibility index (Phi) is 5.77. The van der Waals surface area contributed by atoms with Gasteiger partial charge in [0.2, 0.25) is 5.91 Å². The van der Waals surface area contributed by atoms with E-state index in [1.54, 1.807) is 11.3 Å². The van der Waals surface area contributed by atoms with Gasteiger partial charge in [-0.05, 0) is 37.7 Å². The van der Waals surface area contributed by atoms with Gasteiger partial charge in [-0.3, -0.25) is 4.79 Å². The summed E-state index contributed by atoms with van der Waals surface area (Å²) in [6, 6.07) is 2.29. The summed E-state index contributed by atoms with van der Waals surface area (Å²) in [5.41, 5.74) is 7.52. The molecule has 21 heavy (non-hydrogen) atoms. The van der Waals surface area contributed by atoms with Crippen molar-refractivity contribution in [2.75, 3.05) is 11.9 Å². The smallest absolute Gasteiger partial charge is 0.229 e. The highest BCUT2D eigenvalue weighted by Gasteiger charge is 2.23. The predicted octanol–water partition coefficient (Wildman–Crippen LogP) is 3.20. The number of carbonyl (C=O) groups excluding carboxylic acids is 1. The van der Waals surface area contributed by atoms with E-state index in [9.17, 15) is 10.1 Å². The van der Waals surface area contributed by atoms with Gasteiger partial charge in [-0.25, -0.2) is 0 Å². The molecule has 1 aliphatic carbocycles. The maximum atomic E-state index is 12.3. The first-order chi connectivity index (χ1) is 10.2. The molecule has 1 aromatic heterocycles. The molecule has 0 saturated heterocycles. The van der Waals surface area contributed by atoms with Crippen LogP contribution in [-0.2, 0) is 17.6 Å².